The minimum atomic E-state index is -0.327. The number of halogens is 1. The van der Waals surface area contributed by atoms with Gasteiger partial charge in [0.15, 0.2) is 11.6 Å². The molecule has 4 heteroatoms. The first kappa shape index (κ1) is 13.3. The first-order chi connectivity index (χ1) is 8.69. The van der Waals surface area contributed by atoms with E-state index in [1.54, 1.807) is 6.07 Å². The lowest BCUT2D eigenvalue weighted by Gasteiger charge is -2.15. The summed E-state index contributed by atoms with van der Waals surface area (Å²) in [5.41, 5.74) is 7.01. The third-order valence-corrected chi connectivity index (χ3v) is 3.37. The molecule has 1 aromatic rings. The SMILES string of the molecule is COc1ccc(CC(N)CC2CCOC2)cc1F. The Morgan fingerprint density at radius 3 is 3.00 bits per heavy atom. The number of benzene rings is 1. The number of hydrogen-bond donors (Lipinski definition) is 1. The van der Waals surface area contributed by atoms with Crippen molar-refractivity contribution in [2.45, 2.75) is 25.3 Å². The van der Waals surface area contributed by atoms with E-state index in [-0.39, 0.29) is 17.6 Å². The molecule has 18 heavy (non-hydrogen) atoms. The van der Waals surface area contributed by atoms with E-state index in [1.807, 2.05) is 6.07 Å². The van der Waals surface area contributed by atoms with Crippen molar-refractivity contribution in [2.24, 2.45) is 11.7 Å². The smallest absolute Gasteiger partial charge is 0.165 e. The lowest BCUT2D eigenvalue weighted by atomic mass is 9.95. The zero-order valence-electron chi connectivity index (χ0n) is 10.7. The lowest BCUT2D eigenvalue weighted by molar-refractivity contribution is 0.182. The van der Waals surface area contributed by atoms with Crippen LogP contribution in [0.15, 0.2) is 18.2 Å². The minimum absolute atomic E-state index is 0.0597. The van der Waals surface area contributed by atoms with Crippen LogP contribution in [0.4, 0.5) is 4.39 Å². The monoisotopic (exact) mass is 253 g/mol. The molecule has 100 valence electrons. The average molecular weight is 253 g/mol. The molecule has 2 rings (SSSR count). The second-order valence-electron chi connectivity index (χ2n) is 4.90. The molecule has 1 aliphatic rings. The van der Waals surface area contributed by atoms with Gasteiger partial charge in [0.25, 0.3) is 0 Å². The zero-order valence-corrected chi connectivity index (χ0v) is 10.7. The standard InChI is InChI=1S/C14H20FNO2/c1-17-14-3-2-10(8-13(14)15)6-12(16)7-11-4-5-18-9-11/h2-3,8,11-12H,4-7,9,16H2,1H3. The Morgan fingerprint density at radius 1 is 1.56 bits per heavy atom. The van der Waals surface area contributed by atoms with Crippen LogP contribution in [0.25, 0.3) is 0 Å². The first-order valence-corrected chi connectivity index (χ1v) is 6.34. The van der Waals surface area contributed by atoms with E-state index >= 15 is 0 Å². The van der Waals surface area contributed by atoms with E-state index in [1.165, 1.54) is 13.2 Å². The predicted molar refractivity (Wildman–Crippen MR) is 68.2 cm³/mol. The van der Waals surface area contributed by atoms with Crippen molar-refractivity contribution in [3.05, 3.63) is 29.6 Å². The maximum Gasteiger partial charge on any atom is 0.165 e. The number of ether oxygens (including phenoxy) is 2. The van der Waals surface area contributed by atoms with Crippen LogP contribution in [-0.2, 0) is 11.2 Å². The highest BCUT2D eigenvalue weighted by Gasteiger charge is 2.19. The molecule has 1 heterocycles. The van der Waals surface area contributed by atoms with E-state index in [9.17, 15) is 4.39 Å². The van der Waals surface area contributed by atoms with Crippen molar-refractivity contribution in [3.8, 4) is 5.75 Å². The summed E-state index contributed by atoms with van der Waals surface area (Å²) in [4.78, 5) is 0. The summed E-state index contributed by atoms with van der Waals surface area (Å²) in [6.45, 7) is 1.65. The molecule has 0 spiro atoms. The first-order valence-electron chi connectivity index (χ1n) is 6.34. The summed E-state index contributed by atoms with van der Waals surface area (Å²) in [7, 11) is 1.46. The molecule has 0 radical (unpaired) electrons. The van der Waals surface area contributed by atoms with Gasteiger partial charge in [0.2, 0.25) is 0 Å². The predicted octanol–water partition coefficient (Wildman–Crippen LogP) is 2.13. The van der Waals surface area contributed by atoms with Gasteiger partial charge in [-0.05, 0) is 42.9 Å². The maximum atomic E-state index is 13.5. The van der Waals surface area contributed by atoms with E-state index < -0.39 is 0 Å². The summed E-state index contributed by atoms with van der Waals surface area (Å²) in [5, 5.41) is 0. The molecule has 0 saturated carbocycles. The number of rotatable bonds is 5. The van der Waals surface area contributed by atoms with Crippen LogP contribution in [0.2, 0.25) is 0 Å². The molecule has 2 unspecified atom stereocenters. The van der Waals surface area contributed by atoms with Crippen LogP contribution >= 0.6 is 0 Å². The van der Waals surface area contributed by atoms with Gasteiger partial charge >= 0.3 is 0 Å². The van der Waals surface area contributed by atoms with Crippen molar-refractivity contribution in [1.82, 2.24) is 0 Å². The Hall–Kier alpha value is -1.13. The second-order valence-corrected chi connectivity index (χ2v) is 4.90. The topological polar surface area (TPSA) is 44.5 Å². The molecular formula is C14H20FNO2. The molecule has 1 aromatic carbocycles. The van der Waals surface area contributed by atoms with Crippen LogP contribution < -0.4 is 10.5 Å². The Morgan fingerprint density at radius 2 is 2.39 bits per heavy atom. The second kappa shape index (κ2) is 6.16. The Labute approximate surface area is 107 Å². The van der Waals surface area contributed by atoms with Crippen molar-refractivity contribution >= 4 is 0 Å². The third-order valence-electron chi connectivity index (χ3n) is 3.37. The molecule has 0 bridgehead atoms. The Balaban J connectivity index is 1.89. The zero-order chi connectivity index (χ0) is 13.0. The fraction of sp³-hybridized carbons (Fsp3) is 0.571. The van der Waals surface area contributed by atoms with Crippen LogP contribution in [-0.4, -0.2) is 26.4 Å². The molecule has 3 nitrogen and oxygen atoms in total. The van der Waals surface area contributed by atoms with Gasteiger partial charge in [-0.2, -0.15) is 0 Å². The van der Waals surface area contributed by atoms with Gasteiger partial charge in [-0.25, -0.2) is 4.39 Å². The molecular weight excluding hydrogens is 233 g/mol. The molecule has 0 aliphatic carbocycles. The van der Waals surface area contributed by atoms with Gasteiger partial charge < -0.3 is 15.2 Å². The van der Waals surface area contributed by atoms with Gasteiger partial charge in [0.05, 0.1) is 7.11 Å². The Bertz CT molecular complexity index is 391. The van der Waals surface area contributed by atoms with Crippen LogP contribution in [0.1, 0.15) is 18.4 Å². The summed E-state index contributed by atoms with van der Waals surface area (Å²) < 4.78 is 23.7. The molecule has 1 saturated heterocycles. The summed E-state index contributed by atoms with van der Waals surface area (Å²) in [6.07, 6.45) is 2.72. The summed E-state index contributed by atoms with van der Waals surface area (Å²) >= 11 is 0. The van der Waals surface area contributed by atoms with Crippen LogP contribution in [0, 0.1) is 11.7 Å². The molecule has 2 atom stereocenters. The molecule has 1 fully saturated rings. The number of nitrogens with two attached hydrogens (primary N) is 1. The van der Waals surface area contributed by atoms with Gasteiger partial charge in [-0.3, -0.25) is 0 Å². The maximum absolute atomic E-state index is 13.5. The number of methoxy groups -OCH3 is 1. The molecule has 0 amide bonds. The van der Waals surface area contributed by atoms with E-state index in [0.717, 1.165) is 31.6 Å². The van der Waals surface area contributed by atoms with Crippen molar-refractivity contribution < 1.29 is 13.9 Å². The highest BCUT2D eigenvalue weighted by Crippen LogP contribution is 2.21. The molecule has 2 N–H and O–H groups in total. The van der Waals surface area contributed by atoms with Crippen molar-refractivity contribution in [1.29, 1.82) is 0 Å². The van der Waals surface area contributed by atoms with Gasteiger partial charge in [0.1, 0.15) is 0 Å². The van der Waals surface area contributed by atoms with Crippen molar-refractivity contribution in [3.63, 3.8) is 0 Å². The van der Waals surface area contributed by atoms with E-state index in [2.05, 4.69) is 0 Å². The summed E-state index contributed by atoms with van der Waals surface area (Å²) in [5.74, 6) is 0.506. The summed E-state index contributed by atoms with van der Waals surface area (Å²) in [6, 6.07) is 5.08. The molecule has 1 aliphatic heterocycles. The molecule has 0 aromatic heterocycles. The number of hydrogen-bond acceptors (Lipinski definition) is 3. The minimum Gasteiger partial charge on any atom is -0.494 e. The van der Waals surface area contributed by atoms with Crippen LogP contribution in [0.5, 0.6) is 5.75 Å². The third kappa shape index (κ3) is 3.43. The lowest BCUT2D eigenvalue weighted by Crippen LogP contribution is -2.26. The van der Waals surface area contributed by atoms with Gasteiger partial charge in [0, 0.05) is 19.3 Å². The normalized spacial score (nSPS) is 20.9. The van der Waals surface area contributed by atoms with Crippen molar-refractivity contribution in [2.75, 3.05) is 20.3 Å². The Kier molecular flexibility index (Phi) is 4.55. The van der Waals surface area contributed by atoms with E-state index in [0.29, 0.717) is 12.3 Å². The average Bonchev–Trinajstić information content (AvgIpc) is 2.82. The van der Waals surface area contributed by atoms with E-state index in [4.69, 9.17) is 15.2 Å². The fourth-order valence-electron chi connectivity index (χ4n) is 2.42. The van der Waals surface area contributed by atoms with Crippen LogP contribution in [0.3, 0.4) is 0 Å². The highest BCUT2D eigenvalue weighted by atomic mass is 19.1. The largest absolute Gasteiger partial charge is 0.494 e. The fourth-order valence-corrected chi connectivity index (χ4v) is 2.42. The van der Waals surface area contributed by atoms with Gasteiger partial charge in [-0.1, -0.05) is 6.07 Å². The van der Waals surface area contributed by atoms with Gasteiger partial charge in [-0.15, -0.1) is 0 Å². The highest BCUT2D eigenvalue weighted by molar-refractivity contribution is 5.29. The quantitative estimate of drug-likeness (QED) is 0.874.